The van der Waals surface area contributed by atoms with E-state index in [0.717, 1.165) is 37.1 Å². The molecule has 23 heavy (non-hydrogen) atoms. The molecule has 0 aliphatic carbocycles. The van der Waals surface area contributed by atoms with Gasteiger partial charge in [0.1, 0.15) is 0 Å². The highest BCUT2D eigenvalue weighted by molar-refractivity contribution is 7.12. The first kappa shape index (κ1) is 15.7. The van der Waals surface area contributed by atoms with Crippen molar-refractivity contribution in [3.05, 3.63) is 46.2 Å². The zero-order valence-corrected chi connectivity index (χ0v) is 14.0. The number of thiophene rings is 1. The van der Waals surface area contributed by atoms with Crippen LogP contribution >= 0.6 is 11.3 Å². The lowest BCUT2D eigenvalue weighted by Gasteiger charge is -2.15. The average molecular weight is 328 g/mol. The lowest BCUT2D eigenvalue weighted by Crippen LogP contribution is -2.38. The number of benzene rings is 1. The SMILES string of the molecule is Cc1ccc(-c2ccsc2C(=O)NCC(=O)N2CCCC2)cc1. The van der Waals surface area contributed by atoms with Gasteiger partial charge in [-0.25, -0.2) is 0 Å². The van der Waals surface area contributed by atoms with Crippen molar-refractivity contribution in [1.82, 2.24) is 10.2 Å². The van der Waals surface area contributed by atoms with Crippen LogP contribution in [0.25, 0.3) is 11.1 Å². The molecule has 1 aliphatic heterocycles. The van der Waals surface area contributed by atoms with Gasteiger partial charge in [0.15, 0.2) is 0 Å². The van der Waals surface area contributed by atoms with Crippen LogP contribution in [0.5, 0.6) is 0 Å². The summed E-state index contributed by atoms with van der Waals surface area (Å²) in [5, 5.41) is 4.67. The standard InChI is InChI=1S/C18H20N2O2S/c1-13-4-6-14(7-5-13)15-8-11-23-17(15)18(22)19-12-16(21)20-9-2-3-10-20/h4-8,11H,2-3,9-10,12H2,1H3,(H,19,22). The molecule has 2 heterocycles. The predicted octanol–water partition coefficient (Wildman–Crippen LogP) is 3.08. The van der Waals surface area contributed by atoms with Gasteiger partial charge in [-0.05, 0) is 36.8 Å². The van der Waals surface area contributed by atoms with E-state index < -0.39 is 0 Å². The molecule has 5 heteroatoms. The zero-order chi connectivity index (χ0) is 16.2. The minimum atomic E-state index is -0.178. The van der Waals surface area contributed by atoms with Gasteiger partial charge in [0, 0.05) is 18.7 Å². The summed E-state index contributed by atoms with van der Waals surface area (Å²) >= 11 is 1.40. The Morgan fingerprint density at radius 1 is 1.13 bits per heavy atom. The van der Waals surface area contributed by atoms with Gasteiger partial charge in [0.05, 0.1) is 11.4 Å². The van der Waals surface area contributed by atoms with Gasteiger partial charge < -0.3 is 10.2 Å². The summed E-state index contributed by atoms with van der Waals surface area (Å²) in [6.45, 7) is 3.73. The van der Waals surface area contributed by atoms with E-state index in [-0.39, 0.29) is 18.4 Å². The molecule has 1 N–H and O–H groups in total. The molecule has 4 nitrogen and oxygen atoms in total. The number of carbonyl (C=O) groups excluding carboxylic acids is 2. The summed E-state index contributed by atoms with van der Waals surface area (Å²) in [4.78, 5) is 26.9. The molecular weight excluding hydrogens is 308 g/mol. The molecule has 2 aromatic rings. The summed E-state index contributed by atoms with van der Waals surface area (Å²) in [6.07, 6.45) is 2.12. The van der Waals surface area contributed by atoms with Gasteiger partial charge in [-0.3, -0.25) is 9.59 Å². The van der Waals surface area contributed by atoms with Gasteiger partial charge in [-0.1, -0.05) is 29.8 Å². The van der Waals surface area contributed by atoms with E-state index >= 15 is 0 Å². The molecule has 1 fully saturated rings. The Labute approximate surface area is 140 Å². The minimum Gasteiger partial charge on any atom is -0.342 e. The van der Waals surface area contributed by atoms with Crippen molar-refractivity contribution in [2.45, 2.75) is 19.8 Å². The van der Waals surface area contributed by atoms with Crippen molar-refractivity contribution in [3.63, 3.8) is 0 Å². The third kappa shape index (κ3) is 3.62. The fourth-order valence-corrected chi connectivity index (χ4v) is 3.59. The van der Waals surface area contributed by atoms with Gasteiger partial charge in [0.25, 0.3) is 5.91 Å². The van der Waals surface area contributed by atoms with Crippen molar-refractivity contribution in [2.24, 2.45) is 0 Å². The Bertz CT molecular complexity index is 700. The third-order valence-corrected chi connectivity index (χ3v) is 5.01. The van der Waals surface area contributed by atoms with Crippen LogP contribution in [0, 0.1) is 6.92 Å². The first-order valence-electron chi connectivity index (χ1n) is 7.85. The number of amides is 2. The zero-order valence-electron chi connectivity index (χ0n) is 13.2. The highest BCUT2D eigenvalue weighted by Gasteiger charge is 2.20. The molecule has 1 aromatic carbocycles. The van der Waals surface area contributed by atoms with Crippen LogP contribution in [-0.4, -0.2) is 36.3 Å². The van der Waals surface area contributed by atoms with E-state index in [9.17, 15) is 9.59 Å². The van der Waals surface area contributed by atoms with Crippen molar-refractivity contribution in [2.75, 3.05) is 19.6 Å². The van der Waals surface area contributed by atoms with E-state index in [4.69, 9.17) is 0 Å². The summed E-state index contributed by atoms with van der Waals surface area (Å²) in [6, 6.07) is 10.1. The van der Waals surface area contributed by atoms with Crippen molar-refractivity contribution >= 4 is 23.2 Å². The Morgan fingerprint density at radius 3 is 2.52 bits per heavy atom. The molecule has 0 unspecified atom stereocenters. The third-order valence-electron chi connectivity index (χ3n) is 4.09. The smallest absolute Gasteiger partial charge is 0.262 e. The summed E-state index contributed by atoms with van der Waals surface area (Å²) in [5.41, 5.74) is 3.13. The number of nitrogens with one attached hydrogen (secondary N) is 1. The molecule has 1 saturated heterocycles. The topological polar surface area (TPSA) is 49.4 Å². The monoisotopic (exact) mass is 328 g/mol. The Morgan fingerprint density at radius 2 is 1.83 bits per heavy atom. The predicted molar refractivity (Wildman–Crippen MR) is 92.6 cm³/mol. The van der Waals surface area contributed by atoms with Crippen LogP contribution in [0.1, 0.15) is 28.1 Å². The molecule has 0 bridgehead atoms. The Hall–Kier alpha value is -2.14. The van der Waals surface area contributed by atoms with Crippen LogP contribution in [0.4, 0.5) is 0 Å². The van der Waals surface area contributed by atoms with E-state index in [0.29, 0.717) is 4.88 Å². The molecule has 3 rings (SSSR count). The second-order valence-electron chi connectivity index (χ2n) is 5.80. The van der Waals surface area contributed by atoms with Gasteiger partial charge in [-0.15, -0.1) is 11.3 Å². The molecule has 1 aliphatic rings. The molecule has 0 radical (unpaired) electrons. The van der Waals surface area contributed by atoms with Crippen LogP contribution in [-0.2, 0) is 4.79 Å². The molecule has 120 valence electrons. The lowest BCUT2D eigenvalue weighted by molar-refractivity contribution is -0.129. The fourth-order valence-electron chi connectivity index (χ4n) is 2.76. The molecule has 0 atom stereocenters. The number of hydrogen-bond donors (Lipinski definition) is 1. The van der Waals surface area contributed by atoms with Crippen molar-refractivity contribution in [1.29, 1.82) is 0 Å². The largest absolute Gasteiger partial charge is 0.342 e. The number of rotatable bonds is 4. The lowest BCUT2D eigenvalue weighted by atomic mass is 10.0. The van der Waals surface area contributed by atoms with Crippen LogP contribution < -0.4 is 5.32 Å². The molecule has 2 amide bonds. The van der Waals surface area contributed by atoms with Crippen LogP contribution in [0.2, 0.25) is 0 Å². The average Bonchev–Trinajstić information content (AvgIpc) is 3.24. The summed E-state index contributed by atoms with van der Waals surface area (Å²) < 4.78 is 0. The highest BCUT2D eigenvalue weighted by Crippen LogP contribution is 2.28. The highest BCUT2D eigenvalue weighted by atomic mass is 32.1. The Kier molecular flexibility index (Phi) is 4.76. The second kappa shape index (κ2) is 6.96. The van der Waals surface area contributed by atoms with E-state index in [2.05, 4.69) is 5.32 Å². The first-order valence-corrected chi connectivity index (χ1v) is 8.73. The number of aryl methyl sites for hydroxylation is 1. The maximum absolute atomic E-state index is 12.4. The second-order valence-corrected chi connectivity index (χ2v) is 6.72. The maximum Gasteiger partial charge on any atom is 0.262 e. The Balaban J connectivity index is 1.67. The number of hydrogen-bond acceptors (Lipinski definition) is 3. The normalized spacial score (nSPS) is 14.0. The van der Waals surface area contributed by atoms with Gasteiger partial charge in [-0.2, -0.15) is 0 Å². The molecular formula is C18H20N2O2S. The van der Waals surface area contributed by atoms with E-state index in [1.807, 2.05) is 47.5 Å². The van der Waals surface area contributed by atoms with Gasteiger partial charge >= 0.3 is 0 Å². The summed E-state index contributed by atoms with van der Waals surface area (Å²) in [7, 11) is 0. The van der Waals surface area contributed by atoms with Crippen molar-refractivity contribution in [3.8, 4) is 11.1 Å². The number of carbonyl (C=O) groups is 2. The molecule has 0 saturated carbocycles. The molecule has 0 spiro atoms. The number of nitrogens with zero attached hydrogens (tertiary/aromatic N) is 1. The van der Waals surface area contributed by atoms with Crippen LogP contribution in [0.3, 0.4) is 0 Å². The van der Waals surface area contributed by atoms with E-state index in [1.165, 1.54) is 16.9 Å². The fraction of sp³-hybridized carbons (Fsp3) is 0.333. The van der Waals surface area contributed by atoms with E-state index in [1.54, 1.807) is 0 Å². The summed E-state index contributed by atoms with van der Waals surface area (Å²) in [5.74, 6) is -0.174. The van der Waals surface area contributed by atoms with Crippen LogP contribution in [0.15, 0.2) is 35.7 Å². The molecule has 1 aromatic heterocycles. The van der Waals surface area contributed by atoms with Crippen molar-refractivity contribution < 1.29 is 9.59 Å². The minimum absolute atomic E-state index is 0.00397. The first-order chi connectivity index (χ1) is 11.1. The quantitative estimate of drug-likeness (QED) is 0.938. The van der Waals surface area contributed by atoms with Gasteiger partial charge in [0.2, 0.25) is 5.91 Å². The maximum atomic E-state index is 12.4. The number of likely N-dealkylation sites (tertiary alicyclic amines) is 1.